The Labute approximate surface area is 85.9 Å². The third-order valence-electron chi connectivity index (χ3n) is 2.36. The molecule has 0 aromatic heterocycles. The molecule has 5 heteroatoms. The molecule has 0 fully saturated rings. The van der Waals surface area contributed by atoms with Crippen LogP contribution in [0.3, 0.4) is 0 Å². The van der Waals surface area contributed by atoms with Gasteiger partial charge < -0.3 is 16.2 Å². The predicted molar refractivity (Wildman–Crippen MR) is 54.8 cm³/mol. The van der Waals surface area contributed by atoms with Crippen molar-refractivity contribution in [3.05, 3.63) is 23.3 Å². The number of hydrogen-bond donors (Lipinski definition) is 3. The Bertz CT molecular complexity index is 454. The van der Waals surface area contributed by atoms with Crippen LogP contribution in [0.5, 0.6) is 0 Å². The summed E-state index contributed by atoms with van der Waals surface area (Å²) >= 11 is 0. The molecule has 0 spiro atoms. The van der Waals surface area contributed by atoms with E-state index in [-0.39, 0.29) is 11.5 Å². The molecule has 15 heavy (non-hydrogen) atoms. The number of hydrogen-bond acceptors (Lipinski definition) is 3. The summed E-state index contributed by atoms with van der Waals surface area (Å²) in [5.41, 5.74) is 7.20. The highest BCUT2D eigenvalue weighted by atomic mass is 16.4. The van der Waals surface area contributed by atoms with Crippen LogP contribution in [0.1, 0.15) is 22.3 Å². The van der Waals surface area contributed by atoms with Gasteiger partial charge in [0.25, 0.3) is 0 Å². The molecule has 1 aromatic carbocycles. The summed E-state index contributed by atoms with van der Waals surface area (Å²) in [6.07, 6.45) is 0.905. The van der Waals surface area contributed by atoms with Gasteiger partial charge in [-0.2, -0.15) is 0 Å². The molecule has 1 amide bonds. The van der Waals surface area contributed by atoms with E-state index in [4.69, 9.17) is 10.8 Å². The zero-order valence-corrected chi connectivity index (χ0v) is 7.91. The number of carboxylic acids is 1. The number of carbonyl (C=O) groups excluding carboxylic acids is 1. The van der Waals surface area contributed by atoms with Gasteiger partial charge >= 0.3 is 5.97 Å². The van der Waals surface area contributed by atoms with Gasteiger partial charge in [-0.3, -0.25) is 4.79 Å². The number of anilines is 2. The number of nitrogens with one attached hydrogen (secondary N) is 1. The molecular formula is C10H10N2O3. The molecule has 4 N–H and O–H groups in total. The van der Waals surface area contributed by atoms with E-state index < -0.39 is 5.97 Å². The molecule has 0 aliphatic carbocycles. The average molecular weight is 206 g/mol. The highest BCUT2D eigenvalue weighted by molar-refractivity contribution is 6.03. The van der Waals surface area contributed by atoms with Crippen LogP contribution in [0.4, 0.5) is 11.4 Å². The van der Waals surface area contributed by atoms with Gasteiger partial charge in [-0.05, 0) is 24.1 Å². The number of nitrogens with two attached hydrogens (primary N) is 1. The van der Waals surface area contributed by atoms with E-state index in [1.54, 1.807) is 6.07 Å². The molecule has 1 aliphatic rings. The van der Waals surface area contributed by atoms with E-state index >= 15 is 0 Å². The predicted octanol–water partition coefficient (Wildman–Crippen LogP) is 0.852. The number of carbonyl (C=O) groups is 2. The largest absolute Gasteiger partial charge is 0.478 e. The van der Waals surface area contributed by atoms with Crippen LogP contribution < -0.4 is 11.1 Å². The third-order valence-corrected chi connectivity index (χ3v) is 2.36. The molecule has 1 heterocycles. The van der Waals surface area contributed by atoms with Crippen molar-refractivity contribution in [2.75, 3.05) is 11.1 Å². The fourth-order valence-electron chi connectivity index (χ4n) is 1.69. The van der Waals surface area contributed by atoms with Crippen LogP contribution in [0, 0.1) is 0 Å². The van der Waals surface area contributed by atoms with Gasteiger partial charge in [-0.15, -0.1) is 0 Å². The van der Waals surface area contributed by atoms with Crippen molar-refractivity contribution < 1.29 is 14.7 Å². The average Bonchev–Trinajstić information content (AvgIpc) is 2.17. The van der Waals surface area contributed by atoms with E-state index in [0.29, 0.717) is 24.2 Å². The second-order valence-electron chi connectivity index (χ2n) is 3.46. The second-order valence-corrected chi connectivity index (χ2v) is 3.46. The molecule has 2 rings (SSSR count). The quantitative estimate of drug-likeness (QED) is 0.594. The summed E-state index contributed by atoms with van der Waals surface area (Å²) in [6, 6.07) is 3.05. The number of aryl methyl sites for hydroxylation is 1. The van der Waals surface area contributed by atoms with Gasteiger partial charge in [0.2, 0.25) is 5.91 Å². The summed E-state index contributed by atoms with van der Waals surface area (Å²) in [4.78, 5) is 22.1. The van der Waals surface area contributed by atoms with Gasteiger partial charge in [0.1, 0.15) is 0 Å². The lowest BCUT2D eigenvalue weighted by Gasteiger charge is -2.19. The van der Waals surface area contributed by atoms with Crippen LogP contribution >= 0.6 is 0 Å². The lowest BCUT2D eigenvalue weighted by Crippen LogP contribution is -2.21. The van der Waals surface area contributed by atoms with Crippen LogP contribution in [-0.2, 0) is 11.2 Å². The first-order chi connectivity index (χ1) is 7.08. The maximum atomic E-state index is 11.2. The summed E-state index contributed by atoms with van der Waals surface area (Å²) in [6.45, 7) is 0. The summed E-state index contributed by atoms with van der Waals surface area (Å²) in [7, 11) is 0. The lowest BCUT2D eigenvalue weighted by atomic mass is 9.98. The summed E-state index contributed by atoms with van der Waals surface area (Å²) < 4.78 is 0. The minimum Gasteiger partial charge on any atom is -0.478 e. The normalized spacial score (nSPS) is 14.3. The fourth-order valence-corrected chi connectivity index (χ4v) is 1.69. The summed E-state index contributed by atoms with van der Waals surface area (Å²) in [5, 5.41) is 11.5. The lowest BCUT2D eigenvalue weighted by molar-refractivity contribution is -0.116. The van der Waals surface area contributed by atoms with Crippen molar-refractivity contribution >= 4 is 23.3 Å². The Kier molecular flexibility index (Phi) is 2.07. The van der Waals surface area contributed by atoms with Crippen molar-refractivity contribution in [3.63, 3.8) is 0 Å². The van der Waals surface area contributed by atoms with E-state index in [1.807, 2.05) is 0 Å². The number of amides is 1. The van der Waals surface area contributed by atoms with E-state index in [1.165, 1.54) is 6.07 Å². The van der Waals surface area contributed by atoms with E-state index in [2.05, 4.69) is 5.32 Å². The second kappa shape index (κ2) is 3.27. The smallest absolute Gasteiger partial charge is 0.337 e. The SMILES string of the molecule is Nc1cc2c(c(C(=O)O)c1)NC(=O)CC2. The van der Waals surface area contributed by atoms with E-state index in [9.17, 15) is 9.59 Å². The van der Waals surface area contributed by atoms with Crippen molar-refractivity contribution in [2.45, 2.75) is 12.8 Å². The van der Waals surface area contributed by atoms with Gasteiger partial charge in [0.05, 0.1) is 11.3 Å². The van der Waals surface area contributed by atoms with Crippen molar-refractivity contribution in [1.82, 2.24) is 0 Å². The molecule has 0 radical (unpaired) electrons. The highest BCUT2D eigenvalue weighted by Crippen LogP contribution is 2.29. The number of fused-ring (bicyclic) bond motifs is 1. The van der Waals surface area contributed by atoms with Crippen LogP contribution in [0.15, 0.2) is 12.1 Å². The first-order valence-corrected chi connectivity index (χ1v) is 4.53. The molecule has 0 atom stereocenters. The Morgan fingerprint density at radius 1 is 1.40 bits per heavy atom. The number of nitrogen functional groups attached to an aromatic ring is 1. The Morgan fingerprint density at radius 2 is 2.13 bits per heavy atom. The van der Waals surface area contributed by atoms with Crippen LogP contribution in [0.2, 0.25) is 0 Å². The Morgan fingerprint density at radius 3 is 2.80 bits per heavy atom. The Balaban J connectivity index is 2.60. The number of rotatable bonds is 1. The standard InChI is InChI=1S/C10H10N2O3/c11-6-3-5-1-2-8(13)12-9(5)7(4-6)10(14)15/h3-4H,1-2,11H2,(H,12,13)(H,14,15). The molecule has 1 aromatic rings. The molecule has 0 saturated heterocycles. The van der Waals surface area contributed by atoms with Crippen molar-refractivity contribution in [1.29, 1.82) is 0 Å². The minimum absolute atomic E-state index is 0.0538. The van der Waals surface area contributed by atoms with Gasteiger partial charge in [-0.1, -0.05) is 0 Å². The van der Waals surface area contributed by atoms with Gasteiger partial charge in [0.15, 0.2) is 0 Å². The minimum atomic E-state index is -1.08. The molecular weight excluding hydrogens is 196 g/mol. The number of carboxylic acid groups (broad SMARTS) is 1. The Hall–Kier alpha value is -2.04. The molecule has 78 valence electrons. The van der Waals surface area contributed by atoms with Gasteiger partial charge in [-0.25, -0.2) is 4.79 Å². The van der Waals surface area contributed by atoms with Gasteiger partial charge in [0, 0.05) is 12.1 Å². The molecule has 1 aliphatic heterocycles. The highest BCUT2D eigenvalue weighted by Gasteiger charge is 2.21. The monoisotopic (exact) mass is 206 g/mol. The van der Waals surface area contributed by atoms with E-state index in [0.717, 1.165) is 5.56 Å². The number of benzene rings is 1. The molecule has 5 nitrogen and oxygen atoms in total. The molecule has 0 bridgehead atoms. The maximum absolute atomic E-state index is 11.2. The fraction of sp³-hybridized carbons (Fsp3) is 0.200. The third kappa shape index (κ3) is 1.63. The maximum Gasteiger partial charge on any atom is 0.337 e. The van der Waals surface area contributed by atoms with Crippen LogP contribution in [0.25, 0.3) is 0 Å². The zero-order chi connectivity index (χ0) is 11.0. The van der Waals surface area contributed by atoms with Crippen LogP contribution in [-0.4, -0.2) is 17.0 Å². The summed E-state index contributed by atoms with van der Waals surface area (Å²) in [5.74, 6) is -1.24. The first kappa shape index (κ1) is 9.51. The topological polar surface area (TPSA) is 92.4 Å². The molecule has 0 unspecified atom stereocenters. The van der Waals surface area contributed by atoms with Crippen molar-refractivity contribution in [2.24, 2.45) is 0 Å². The molecule has 0 saturated carbocycles. The number of aromatic carboxylic acids is 1. The first-order valence-electron chi connectivity index (χ1n) is 4.53. The zero-order valence-electron chi connectivity index (χ0n) is 7.91. The van der Waals surface area contributed by atoms with Crippen molar-refractivity contribution in [3.8, 4) is 0 Å².